The number of carboxylic acids is 1. The van der Waals surface area contributed by atoms with Gasteiger partial charge in [-0.3, -0.25) is 4.79 Å². The molecule has 0 saturated carbocycles. The van der Waals surface area contributed by atoms with E-state index in [1.807, 2.05) is 36.5 Å². The van der Waals surface area contributed by atoms with E-state index in [9.17, 15) is 26.4 Å². The number of hydrogen-bond donors (Lipinski definition) is 2. The van der Waals surface area contributed by atoms with E-state index in [1.54, 1.807) is 42.9 Å². The van der Waals surface area contributed by atoms with Crippen molar-refractivity contribution < 1.29 is 36.3 Å². The molecule has 3 rings (SSSR count). The van der Waals surface area contributed by atoms with E-state index >= 15 is 0 Å². The number of carbonyl (C=O) groups is 2. The average Bonchev–Trinajstić information content (AvgIpc) is 3.41. The van der Waals surface area contributed by atoms with E-state index in [2.05, 4.69) is 10.4 Å². The van der Waals surface area contributed by atoms with Crippen molar-refractivity contribution in [3.8, 4) is 11.8 Å². The van der Waals surface area contributed by atoms with Crippen LogP contribution in [0.5, 0.6) is 0 Å². The highest BCUT2D eigenvalue weighted by Gasteiger charge is 2.38. The summed E-state index contributed by atoms with van der Waals surface area (Å²) in [6, 6.07) is 17.3. The average molecular weight is 549 g/mol. The zero-order valence-corrected chi connectivity index (χ0v) is 21.0. The Morgan fingerprint density at radius 1 is 1.11 bits per heavy atom. The van der Waals surface area contributed by atoms with E-state index in [4.69, 9.17) is 15.2 Å². The van der Waals surface area contributed by atoms with E-state index < -0.39 is 27.4 Å². The highest BCUT2D eigenvalue weighted by molar-refractivity contribution is 7.94. The fourth-order valence-corrected chi connectivity index (χ4v) is 3.89. The third-order valence-electron chi connectivity index (χ3n) is 5.19. The van der Waals surface area contributed by atoms with Crippen LogP contribution in [0.25, 0.3) is 5.69 Å². The van der Waals surface area contributed by atoms with Gasteiger partial charge in [0, 0.05) is 30.4 Å². The zero-order valence-electron chi connectivity index (χ0n) is 20.2. The molecule has 38 heavy (non-hydrogen) atoms. The Morgan fingerprint density at radius 3 is 2.16 bits per heavy atom. The highest BCUT2D eigenvalue weighted by atomic mass is 32.2. The summed E-state index contributed by atoms with van der Waals surface area (Å²) in [6.45, 7) is 3.93. The molecule has 13 heteroatoms. The number of nitrogens with one attached hydrogen (secondary N) is 1. The molecule has 9 nitrogen and oxygen atoms in total. The van der Waals surface area contributed by atoms with Crippen LogP contribution in [0.2, 0.25) is 0 Å². The molecule has 0 aliphatic heterocycles. The molecule has 0 saturated heterocycles. The monoisotopic (exact) mass is 548 g/mol. The minimum Gasteiger partial charge on any atom is -0.475 e. The van der Waals surface area contributed by atoms with Gasteiger partial charge in [0.05, 0.1) is 22.1 Å². The second-order valence-electron chi connectivity index (χ2n) is 8.23. The first-order valence-corrected chi connectivity index (χ1v) is 12.3. The molecule has 0 atom stereocenters. The predicted octanol–water partition coefficient (Wildman–Crippen LogP) is 3.91. The number of benzene rings is 2. The van der Waals surface area contributed by atoms with Crippen LogP contribution in [0.1, 0.15) is 25.0 Å². The molecule has 1 aromatic heterocycles. The second kappa shape index (κ2) is 12.2. The first-order chi connectivity index (χ1) is 17.7. The fourth-order valence-electron chi connectivity index (χ4n) is 2.98. The van der Waals surface area contributed by atoms with E-state index in [-0.39, 0.29) is 10.8 Å². The van der Waals surface area contributed by atoms with Gasteiger partial charge in [-0.1, -0.05) is 24.3 Å². The number of allylic oxidation sites excluding steroid dienone is 1. The molecule has 1 heterocycles. The molecule has 0 spiro atoms. The maximum Gasteiger partial charge on any atom is 0.490 e. The van der Waals surface area contributed by atoms with Gasteiger partial charge in [-0.15, -0.1) is 0 Å². The van der Waals surface area contributed by atoms with Gasteiger partial charge in [-0.25, -0.2) is 17.9 Å². The number of aliphatic carboxylic acids is 1. The Morgan fingerprint density at radius 2 is 1.68 bits per heavy atom. The third kappa shape index (κ3) is 8.04. The molecule has 0 fully saturated rings. The summed E-state index contributed by atoms with van der Waals surface area (Å²) in [5.41, 5.74) is 1.70. The molecular formula is C25H23F3N4O5S. The van der Waals surface area contributed by atoms with Crippen LogP contribution in [-0.2, 0) is 31.4 Å². The van der Waals surface area contributed by atoms with Gasteiger partial charge in [0.25, 0.3) is 0 Å². The summed E-state index contributed by atoms with van der Waals surface area (Å²) in [6.07, 6.45) is -0.598. The van der Waals surface area contributed by atoms with E-state index in [1.165, 1.54) is 12.1 Å². The molecule has 0 bridgehead atoms. The summed E-state index contributed by atoms with van der Waals surface area (Å²) in [5.74, 6) is -2.93. The summed E-state index contributed by atoms with van der Waals surface area (Å²) in [7, 11) is -3.68. The number of carbonyl (C=O) groups excluding carboxylic acids is 1. The van der Waals surface area contributed by atoms with Crippen molar-refractivity contribution >= 4 is 21.7 Å². The van der Waals surface area contributed by atoms with Crippen LogP contribution >= 0.6 is 0 Å². The Balaban J connectivity index is 0.000000638. The maximum atomic E-state index is 12.8. The zero-order chi connectivity index (χ0) is 28.6. The molecule has 3 aromatic rings. The van der Waals surface area contributed by atoms with Crippen molar-refractivity contribution in [2.24, 2.45) is 0 Å². The minimum absolute atomic E-state index is 0.0660. The number of halogens is 3. The quantitative estimate of drug-likeness (QED) is 0.426. The molecule has 0 radical (unpaired) electrons. The Kier molecular flexibility index (Phi) is 9.56. The minimum atomic E-state index is -5.08. The lowest BCUT2D eigenvalue weighted by atomic mass is 9.83. The second-order valence-corrected chi connectivity index (χ2v) is 10.1. The molecular weight excluding hydrogens is 525 g/mol. The number of nitrogens with zero attached hydrogens (tertiary/aromatic N) is 3. The number of alkyl halides is 3. The molecule has 0 aliphatic rings. The number of rotatable bonds is 7. The van der Waals surface area contributed by atoms with Crippen molar-refractivity contribution in [3.63, 3.8) is 0 Å². The van der Waals surface area contributed by atoms with Crippen molar-refractivity contribution in [2.75, 3.05) is 0 Å². The molecule has 200 valence electrons. The largest absolute Gasteiger partial charge is 0.490 e. The Hall–Kier alpha value is -4.44. The number of amides is 1. The lowest BCUT2D eigenvalue weighted by Crippen LogP contribution is -2.39. The standard InChI is InChI=1S/C23H22N4O3S.C2HF3O2/c1-23(2,19-7-11-21(12-8-19)31(29,30)16-3-13-24)22(28)25-17-18-5-9-20(10-6-18)27-15-4-14-26-27;3-2(4,5)1(6)7/h3-12,14-16H,17H2,1-2H3,(H,25,28);(H,6,7)/b16-3+;. The number of hydrogen-bond acceptors (Lipinski definition) is 6. The van der Waals surface area contributed by atoms with Gasteiger partial charge in [-0.05, 0) is 55.3 Å². The summed E-state index contributed by atoms with van der Waals surface area (Å²) < 4.78 is 57.7. The van der Waals surface area contributed by atoms with E-state index in [0.29, 0.717) is 12.1 Å². The summed E-state index contributed by atoms with van der Waals surface area (Å²) in [4.78, 5) is 21.8. The van der Waals surface area contributed by atoms with Gasteiger partial charge in [0.2, 0.25) is 15.7 Å². The van der Waals surface area contributed by atoms with Gasteiger partial charge in [0.1, 0.15) is 0 Å². The number of aromatic nitrogens is 2. The highest BCUT2D eigenvalue weighted by Crippen LogP contribution is 2.25. The van der Waals surface area contributed by atoms with Gasteiger partial charge in [-0.2, -0.15) is 23.5 Å². The summed E-state index contributed by atoms with van der Waals surface area (Å²) >= 11 is 0. The SMILES string of the molecule is CC(C)(C(=O)NCc1ccc(-n2cccn2)cc1)c1ccc(S(=O)(=O)/C=C/C#N)cc1.O=C(O)C(F)(F)F. The Labute approximate surface area is 216 Å². The van der Waals surface area contributed by atoms with Crippen LogP contribution in [0, 0.1) is 11.3 Å². The predicted molar refractivity (Wildman–Crippen MR) is 131 cm³/mol. The van der Waals surface area contributed by atoms with Crippen molar-refractivity contribution in [1.82, 2.24) is 15.1 Å². The smallest absolute Gasteiger partial charge is 0.475 e. The van der Waals surface area contributed by atoms with Crippen LogP contribution < -0.4 is 5.32 Å². The van der Waals surface area contributed by atoms with Crippen LogP contribution in [0.15, 0.2) is 83.4 Å². The van der Waals surface area contributed by atoms with Gasteiger partial charge >= 0.3 is 12.1 Å². The maximum absolute atomic E-state index is 12.8. The van der Waals surface area contributed by atoms with Crippen LogP contribution in [0.3, 0.4) is 0 Å². The molecule has 1 amide bonds. The summed E-state index contributed by atoms with van der Waals surface area (Å²) in [5, 5.41) is 23.6. The number of sulfone groups is 1. The lowest BCUT2D eigenvalue weighted by molar-refractivity contribution is -0.192. The fraction of sp³-hybridized carbons (Fsp3) is 0.200. The number of nitriles is 1. The van der Waals surface area contributed by atoms with Crippen molar-refractivity contribution in [3.05, 3.63) is 89.6 Å². The Bertz CT molecular complexity index is 1420. The topological polar surface area (TPSA) is 142 Å². The van der Waals surface area contributed by atoms with Crippen molar-refractivity contribution in [1.29, 1.82) is 5.26 Å². The van der Waals surface area contributed by atoms with Crippen molar-refractivity contribution in [2.45, 2.75) is 36.9 Å². The molecule has 0 aliphatic carbocycles. The molecule has 0 unspecified atom stereocenters. The molecule has 2 N–H and O–H groups in total. The number of carboxylic acid groups (broad SMARTS) is 1. The van der Waals surface area contributed by atoms with Gasteiger partial charge in [0.15, 0.2) is 0 Å². The normalized spacial score (nSPS) is 11.8. The van der Waals surface area contributed by atoms with Gasteiger partial charge < -0.3 is 10.4 Å². The third-order valence-corrected chi connectivity index (χ3v) is 6.62. The van der Waals surface area contributed by atoms with Crippen LogP contribution in [0.4, 0.5) is 13.2 Å². The van der Waals surface area contributed by atoms with E-state index in [0.717, 1.165) is 22.7 Å². The van der Waals surface area contributed by atoms with Crippen LogP contribution in [-0.4, -0.2) is 41.4 Å². The lowest BCUT2D eigenvalue weighted by Gasteiger charge is -2.24. The first kappa shape index (κ1) is 29.8. The first-order valence-electron chi connectivity index (χ1n) is 10.8. The molecule has 2 aromatic carbocycles.